The average Bonchev–Trinajstić information content (AvgIpc) is 2.62. The minimum atomic E-state index is -1.53. The van der Waals surface area contributed by atoms with Gasteiger partial charge in [-0.2, -0.15) is 0 Å². The fraction of sp³-hybridized carbons (Fsp3) is 0.500. The number of amides is 1. The standard InChI is InChI=1S/C14H18N4O7/c15-18-16-5-10(20)17-7-1-3-8(4-2-7)24-14-13(23)12(22)11(21)9(6-19)25-14/h1-4,9,11-14,19,21-23H,5-6H2,(H,17,20)/t9-,11+,12+,13-,14-/m1/s1. The molecule has 1 fully saturated rings. The summed E-state index contributed by atoms with van der Waals surface area (Å²) in [6, 6.07) is 5.97. The van der Waals surface area contributed by atoms with E-state index in [1.807, 2.05) is 0 Å². The molecule has 136 valence electrons. The largest absolute Gasteiger partial charge is 0.462 e. The molecule has 0 saturated carbocycles. The lowest BCUT2D eigenvalue weighted by Crippen LogP contribution is -2.60. The Labute approximate surface area is 142 Å². The first kappa shape index (κ1) is 18.9. The van der Waals surface area contributed by atoms with E-state index in [2.05, 4.69) is 15.3 Å². The molecule has 0 spiro atoms. The van der Waals surface area contributed by atoms with Crippen LogP contribution in [0.3, 0.4) is 0 Å². The van der Waals surface area contributed by atoms with Crippen molar-refractivity contribution in [3.8, 4) is 5.75 Å². The number of aliphatic hydroxyl groups is 4. The third-order valence-corrected chi connectivity index (χ3v) is 3.52. The smallest absolute Gasteiger partial charge is 0.230 e. The summed E-state index contributed by atoms with van der Waals surface area (Å²) in [6.45, 7) is -0.888. The molecule has 11 nitrogen and oxygen atoms in total. The summed E-state index contributed by atoms with van der Waals surface area (Å²) >= 11 is 0. The van der Waals surface area contributed by atoms with Crippen molar-refractivity contribution in [2.45, 2.75) is 30.7 Å². The molecule has 5 atom stereocenters. The molecule has 5 N–H and O–H groups in total. The van der Waals surface area contributed by atoms with Gasteiger partial charge in [0.15, 0.2) is 0 Å². The van der Waals surface area contributed by atoms with Crippen LogP contribution in [0.1, 0.15) is 0 Å². The molecular weight excluding hydrogens is 336 g/mol. The maximum atomic E-state index is 11.4. The number of azide groups is 1. The highest BCUT2D eigenvalue weighted by molar-refractivity contribution is 5.92. The van der Waals surface area contributed by atoms with Crippen molar-refractivity contribution in [1.82, 2.24) is 0 Å². The molecule has 11 heteroatoms. The molecule has 0 radical (unpaired) electrons. The number of carbonyl (C=O) groups is 1. The van der Waals surface area contributed by atoms with Gasteiger partial charge < -0.3 is 35.2 Å². The van der Waals surface area contributed by atoms with Gasteiger partial charge in [-0.15, -0.1) is 0 Å². The summed E-state index contributed by atoms with van der Waals surface area (Å²) in [7, 11) is 0. The van der Waals surface area contributed by atoms with Crippen molar-refractivity contribution in [3.05, 3.63) is 34.7 Å². The average molecular weight is 354 g/mol. The topological polar surface area (TPSA) is 177 Å². The zero-order valence-corrected chi connectivity index (χ0v) is 13.0. The number of carbonyl (C=O) groups excluding carboxylic acids is 1. The van der Waals surface area contributed by atoms with Crippen LogP contribution in [0, 0.1) is 0 Å². The highest BCUT2D eigenvalue weighted by Crippen LogP contribution is 2.25. The first-order chi connectivity index (χ1) is 12.0. The van der Waals surface area contributed by atoms with Crippen molar-refractivity contribution in [2.75, 3.05) is 18.5 Å². The fourth-order valence-electron chi connectivity index (χ4n) is 2.21. The molecule has 2 rings (SSSR count). The highest BCUT2D eigenvalue weighted by Gasteiger charge is 2.44. The Hall–Kier alpha value is -2.40. The Morgan fingerprint density at radius 3 is 2.52 bits per heavy atom. The quantitative estimate of drug-likeness (QED) is 0.250. The van der Waals surface area contributed by atoms with Gasteiger partial charge in [0.2, 0.25) is 12.2 Å². The van der Waals surface area contributed by atoms with Gasteiger partial charge >= 0.3 is 0 Å². The predicted molar refractivity (Wildman–Crippen MR) is 83.5 cm³/mol. The highest BCUT2D eigenvalue weighted by atomic mass is 16.7. The first-order valence-electron chi connectivity index (χ1n) is 7.34. The number of nitrogens with zero attached hydrogens (tertiary/aromatic N) is 3. The van der Waals surface area contributed by atoms with Crippen molar-refractivity contribution in [3.63, 3.8) is 0 Å². The molecule has 1 aliphatic heterocycles. The predicted octanol–water partition coefficient (Wildman–Crippen LogP) is -0.886. The van der Waals surface area contributed by atoms with E-state index in [-0.39, 0.29) is 12.3 Å². The van der Waals surface area contributed by atoms with E-state index in [1.165, 1.54) is 24.3 Å². The minimum absolute atomic E-state index is 0.261. The molecule has 1 heterocycles. The summed E-state index contributed by atoms with van der Waals surface area (Å²) in [5.74, 6) is -0.224. The summed E-state index contributed by atoms with van der Waals surface area (Å²) < 4.78 is 10.6. The zero-order chi connectivity index (χ0) is 18.4. The van der Waals surface area contributed by atoms with E-state index in [0.29, 0.717) is 5.69 Å². The summed E-state index contributed by atoms with van der Waals surface area (Å²) in [6.07, 6.45) is -6.87. The third-order valence-electron chi connectivity index (χ3n) is 3.52. The molecule has 0 aliphatic carbocycles. The van der Waals surface area contributed by atoms with E-state index < -0.39 is 43.2 Å². The van der Waals surface area contributed by atoms with Crippen molar-refractivity contribution in [1.29, 1.82) is 0 Å². The Balaban J connectivity index is 1.98. The third kappa shape index (κ3) is 4.79. The van der Waals surface area contributed by atoms with Crippen LogP contribution in [0.2, 0.25) is 0 Å². The van der Waals surface area contributed by atoms with Gasteiger partial charge in [-0.1, -0.05) is 5.11 Å². The molecule has 1 amide bonds. The van der Waals surface area contributed by atoms with Crippen LogP contribution in [-0.4, -0.2) is 70.2 Å². The monoisotopic (exact) mass is 354 g/mol. The van der Waals surface area contributed by atoms with Crippen LogP contribution >= 0.6 is 0 Å². The number of hydrogen-bond acceptors (Lipinski definition) is 8. The van der Waals surface area contributed by atoms with Crippen molar-refractivity contribution >= 4 is 11.6 Å². The normalized spacial score (nSPS) is 28.7. The number of aliphatic hydroxyl groups excluding tert-OH is 4. The summed E-state index contributed by atoms with van der Waals surface area (Å²) in [5, 5.41) is 44.1. The molecule has 25 heavy (non-hydrogen) atoms. The second kappa shape index (κ2) is 8.62. The van der Waals surface area contributed by atoms with Crippen LogP contribution in [0.4, 0.5) is 5.69 Å². The maximum Gasteiger partial charge on any atom is 0.230 e. The van der Waals surface area contributed by atoms with Gasteiger partial charge in [-0.05, 0) is 29.8 Å². The van der Waals surface area contributed by atoms with Crippen molar-refractivity contribution in [2.24, 2.45) is 5.11 Å². The van der Waals surface area contributed by atoms with E-state index >= 15 is 0 Å². The molecule has 1 aromatic carbocycles. The molecular formula is C14H18N4O7. The van der Waals surface area contributed by atoms with Gasteiger partial charge in [0.1, 0.15) is 36.7 Å². The van der Waals surface area contributed by atoms with Crippen LogP contribution in [0.25, 0.3) is 10.4 Å². The number of rotatable bonds is 6. The maximum absolute atomic E-state index is 11.4. The van der Waals surface area contributed by atoms with Gasteiger partial charge in [0, 0.05) is 10.6 Å². The first-order valence-corrected chi connectivity index (χ1v) is 7.34. The minimum Gasteiger partial charge on any atom is -0.462 e. The van der Waals surface area contributed by atoms with Crippen LogP contribution in [0.5, 0.6) is 5.75 Å². The SMILES string of the molecule is [N-]=[N+]=NCC(=O)Nc1ccc(O[C@@H]2O[C@H](CO)[C@H](O)[C@H](O)[C@H]2O)cc1. The van der Waals surface area contributed by atoms with Crippen LogP contribution in [-0.2, 0) is 9.53 Å². The van der Waals surface area contributed by atoms with E-state index in [1.54, 1.807) is 0 Å². The number of benzene rings is 1. The van der Waals surface area contributed by atoms with Crippen LogP contribution in [0.15, 0.2) is 29.4 Å². The second-order valence-corrected chi connectivity index (χ2v) is 5.28. The molecule has 1 aromatic rings. The number of ether oxygens (including phenoxy) is 2. The van der Waals surface area contributed by atoms with E-state index in [4.69, 9.17) is 20.1 Å². The number of hydrogen-bond donors (Lipinski definition) is 5. The number of nitrogens with one attached hydrogen (secondary N) is 1. The lowest BCUT2D eigenvalue weighted by Gasteiger charge is -2.39. The lowest BCUT2D eigenvalue weighted by atomic mass is 9.99. The molecule has 1 saturated heterocycles. The van der Waals surface area contributed by atoms with E-state index in [0.717, 1.165) is 0 Å². The van der Waals surface area contributed by atoms with Gasteiger partial charge in [-0.3, -0.25) is 4.79 Å². The van der Waals surface area contributed by atoms with Gasteiger partial charge in [0.25, 0.3) is 0 Å². The Kier molecular flexibility index (Phi) is 6.53. The Morgan fingerprint density at radius 2 is 1.92 bits per heavy atom. The molecule has 0 aromatic heterocycles. The molecule has 0 bridgehead atoms. The fourth-order valence-corrected chi connectivity index (χ4v) is 2.21. The van der Waals surface area contributed by atoms with Crippen LogP contribution < -0.4 is 10.1 Å². The van der Waals surface area contributed by atoms with Gasteiger partial charge in [0.05, 0.1) is 6.61 Å². The second-order valence-electron chi connectivity index (χ2n) is 5.28. The van der Waals surface area contributed by atoms with E-state index in [9.17, 15) is 20.1 Å². The summed E-state index contributed by atoms with van der Waals surface area (Å²) in [4.78, 5) is 13.9. The Morgan fingerprint density at radius 1 is 1.24 bits per heavy atom. The lowest BCUT2D eigenvalue weighted by molar-refractivity contribution is -0.277. The Bertz CT molecular complexity index is 633. The van der Waals surface area contributed by atoms with Crippen molar-refractivity contribution < 1.29 is 34.7 Å². The molecule has 0 unspecified atom stereocenters. The van der Waals surface area contributed by atoms with Gasteiger partial charge in [-0.25, -0.2) is 0 Å². The number of anilines is 1. The zero-order valence-electron chi connectivity index (χ0n) is 13.0. The molecule has 1 aliphatic rings. The summed E-state index contributed by atoms with van der Waals surface area (Å²) in [5.41, 5.74) is 8.58.